The monoisotopic (exact) mass is 438 g/mol. The SMILES string of the molecule is O=C(NCCOCC1CC1)c1cnn(-c2ncccc2Cl)c1C(F)(F)C(F)(F)F. The summed E-state index contributed by atoms with van der Waals surface area (Å²) in [6.45, 7) is 0.564. The molecule has 1 amide bonds. The fraction of sp³-hybridized carbons (Fsp3) is 0.471. The number of ether oxygens (including phenoxy) is 1. The van der Waals surface area contributed by atoms with Gasteiger partial charge in [-0.25, -0.2) is 9.67 Å². The zero-order chi connectivity index (χ0) is 21.2. The van der Waals surface area contributed by atoms with Crippen LogP contribution >= 0.6 is 11.6 Å². The molecule has 0 saturated heterocycles. The van der Waals surface area contributed by atoms with E-state index in [4.69, 9.17) is 16.3 Å². The van der Waals surface area contributed by atoms with Crippen LogP contribution in [0.25, 0.3) is 5.82 Å². The molecule has 29 heavy (non-hydrogen) atoms. The smallest absolute Gasteiger partial charge is 0.379 e. The van der Waals surface area contributed by atoms with E-state index < -0.39 is 35.1 Å². The normalized spacial score (nSPS) is 14.8. The number of rotatable bonds is 8. The van der Waals surface area contributed by atoms with Gasteiger partial charge in [-0.3, -0.25) is 4.79 Å². The van der Waals surface area contributed by atoms with Gasteiger partial charge in [0.25, 0.3) is 5.91 Å². The molecule has 1 N–H and O–H groups in total. The highest BCUT2D eigenvalue weighted by Gasteiger charge is 2.62. The highest BCUT2D eigenvalue weighted by atomic mass is 35.5. The summed E-state index contributed by atoms with van der Waals surface area (Å²) in [5, 5.41) is 5.57. The molecule has 6 nitrogen and oxygen atoms in total. The van der Waals surface area contributed by atoms with E-state index in [1.165, 1.54) is 12.1 Å². The summed E-state index contributed by atoms with van der Waals surface area (Å²) >= 11 is 5.87. The van der Waals surface area contributed by atoms with Gasteiger partial charge < -0.3 is 10.1 Å². The Balaban J connectivity index is 1.88. The third-order valence-electron chi connectivity index (χ3n) is 4.19. The third-order valence-corrected chi connectivity index (χ3v) is 4.48. The van der Waals surface area contributed by atoms with Gasteiger partial charge in [0.2, 0.25) is 0 Å². The zero-order valence-corrected chi connectivity index (χ0v) is 15.6. The number of nitrogens with one attached hydrogen (secondary N) is 1. The molecule has 2 heterocycles. The van der Waals surface area contributed by atoms with Crippen LogP contribution < -0.4 is 5.32 Å². The molecule has 0 unspecified atom stereocenters. The van der Waals surface area contributed by atoms with E-state index in [-0.39, 0.29) is 22.9 Å². The number of amides is 1. The molecular formula is C17H16ClF5N4O2. The van der Waals surface area contributed by atoms with Crippen molar-refractivity contribution in [2.75, 3.05) is 19.8 Å². The van der Waals surface area contributed by atoms with Crippen LogP contribution in [0.3, 0.4) is 0 Å². The second kappa shape index (κ2) is 8.23. The molecule has 158 valence electrons. The molecule has 0 spiro atoms. The molecule has 1 aliphatic carbocycles. The van der Waals surface area contributed by atoms with Crippen molar-refractivity contribution in [2.45, 2.75) is 24.9 Å². The molecule has 0 aliphatic heterocycles. The zero-order valence-electron chi connectivity index (χ0n) is 14.8. The molecule has 1 saturated carbocycles. The number of carbonyl (C=O) groups is 1. The van der Waals surface area contributed by atoms with Crippen LogP contribution in [0.4, 0.5) is 22.0 Å². The van der Waals surface area contributed by atoms with Gasteiger partial charge in [-0.2, -0.15) is 27.1 Å². The van der Waals surface area contributed by atoms with E-state index in [2.05, 4.69) is 15.4 Å². The first-order valence-corrected chi connectivity index (χ1v) is 9.00. The quantitative estimate of drug-likeness (QED) is 0.503. The molecule has 0 bridgehead atoms. The number of hydrogen-bond donors (Lipinski definition) is 1. The second-order valence-corrected chi connectivity index (χ2v) is 6.88. The topological polar surface area (TPSA) is 69.0 Å². The Bertz CT molecular complexity index is 883. The predicted molar refractivity (Wildman–Crippen MR) is 92.2 cm³/mol. The van der Waals surface area contributed by atoms with E-state index in [0.717, 1.165) is 19.0 Å². The van der Waals surface area contributed by atoms with Crippen LogP contribution in [-0.2, 0) is 10.7 Å². The van der Waals surface area contributed by atoms with Crippen LogP contribution in [0.1, 0.15) is 28.9 Å². The average molecular weight is 439 g/mol. The third kappa shape index (κ3) is 4.67. The maximum Gasteiger partial charge on any atom is 0.459 e. The highest BCUT2D eigenvalue weighted by Crippen LogP contribution is 2.45. The Morgan fingerprint density at radius 2 is 2.03 bits per heavy atom. The Kier molecular flexibility index (Phi) is 6.08. The number of hydrogen-bond acceptors (Lipinski definition) is 4. The van der Waals surface area contributed by atoms with E-state index in [1.54, 1.807) is 0 Å². The summed E-state index contributed by atoms with van der Waals surface area (Å²) in [5.74, 6) is -6.49. The number of pyridine rings is 1. The number of nitrogens with zero attached hydrogens (tertiary/aromatic N) is 3. The maximum atomic E-state index is 14.3. The van der Waals surface area contributed by atoms with Crippen LogP contribution in [0.15, 0.2) is 24.5 Å². The molecular weight excluding hydrogens is 423 g/mol. The highest BCUT2D eigenvalue weighted by molar-refractivity contribution is 6.32. The van der Waals surface area contributed by atoms with Gasteiger partial charge in [0.05, 0.1) is 23.4 Å². The first kappa shape index (κ1) is 21.4. The summed E-state index contributed by atoms with van der Waals surface area (Å²) in [5.41, 5.74) is -2.60. The molecule has 1 aliphatic rings. The first-order valence-electron chi connectivity index (χ1n) is 8.62. The van der Waals surface area contributed by atoms with Crippen molar-refractivity contribution in [3.8, 4) is 5.82 Å². The molecule has 2 aromatic rings. The lowest BCUT2D eigenvalue weighted by Crippen LogP contribution is -2.38. The van der Waals surface area contributed by atoms with Crippen molar-refractivity contribution in [3.63, 3.8) is 0 Å². The van der Waals surface area contributed by atoms with E-state index in [9.17, 15) is 26.7 Å². The summed E-state index contributed by atoms with van der Waals surface area (Å²) in [4.78, 5) is 16.0. The van der Waals surface area contributed by atoms with Gasteiger partial charge in [0.1, 0.15) is 5.69 Å². The molecule has 2 aromatic heterocycles. The number of aromatic nitrogens is 3. The molecule has 0 radical (unpaired) electrons. The lowest BCUT2D eigenvalue weighted by Gasteiger charge is -2.22. The first-order chi connectivity index (χ1) is 13.6. The van der Waals surface area contributed by atoms with Crippen molar-refractivity contribution in [3.05, 3.63) is 40.8 Å². The lowest BCUT2D eigenvalue weighted by molar-refractivity contribution is -0.291. The minimum atomic E-state index is -5.96. The Morgan fingerprint density at radius 1 is 1.31 bits per heavy atom. The van der Waals surface area contributed by atoms with Crippen molar-refractivity contribution in [1.29, 1.82) is 0 Å². The van der Waals surface area contributed by atoms with E-state index in [1.807, 2.05) is 0 Å². The fourth-order valence-electron chi connectivity index (χ4n) is 2.51. The van der Waals surface area contributed by atoms with Gasteiger partial charge in [0, 0.05) is 19.3 Å². The summed E-state index contributed by atoms with van der Waals surface area (Å²) in [7, 11) is 0. The lowest BCUT2D eigenvalue weighted by atomic mass is 10.1. The molecule has 12 heteroatoms. The van der Waals surface area contributed by atoms with Crippen LogP contribution in [0.5, 0.6) is 0 Å². The number of carbonyl (C=O) groups excluding carboxylic acids is 1. The molecule has 0 aromatic carbocycles. The van der Waals surface area contributed by atoms with Crippen LogP contribution in [0, 0.1) is 5.92 Å². The van der Waals surface area contributed by atoms with Gasteiger partial charge >= 0.3 is 12.1 Å². The summed E-state index contributed by atoms with van der Waals surface area (Å²) < 4.78 is 73.3. The molecule has 3 rings (SSSR count). The van der Waals surface area contributed by atoms with E-state index in [0.29, 0.717) is 18.7 Å². The van der Waals surface area contributed by atoms with E-state index >= 15 is 0 Å². The standard InChI is InChI=1S/C17H16ClF5N4O2/c18-12-2-1-5-24-14(12)27-13(16(19,20)17(21,22)23)11(8-26-27)15(28)25-6-7-29-9-10-3-4-10/h1-2,5,8,10H,3-4,6-7,9H2,(H,25,28). The second-order valence-electron chi connectivity index (χ2n) is 6.47. The Labute approximate surface area is 167 Å². The fourth-order valence-corrected chi connectivity index (χ4v) is 2.71. The van der Waals surface area contributed by atoms with Crippen molar-refractivity contribution in [1.82, 2.24) is 20.1 Å². The van der Waals surface area contributed by atoms with Crippen LogP contribution in [0.2, 0.25) is 5.02 Å². The summed E-state index contributed by atoms with van der Waals surface area (Å²) in [6, 6.07) is 2.62. The maximum absolute atomic E-state index is 14.3. The van der Waals surface area contributed by atoms with Crippen molar-refractivity contribution < 1.29 is 31.5 Å². The average Bonchev–Trinajstić information content (AvgIpc) is 3.36. The largest absolute Gasteiger partial charge is 0.459 e. The number of alkyl halides is 5. The number of halogens is 6. The summed E-state index contributed by atoms with van der Waals surface area (Å²) in [6.07, 6.45) is -2.06. The minimum absolute atomic E-state index is 0.0574. The van der Waals surface area contributed by atoms with Gasteiger partial charge in [0.15, 0.2) is 5.82 Å². The van der Waals surface area contributed by atoms with Crippen molar-refractivity contribution in [2.24, 2.45) is 5.92 Å². The van der Waals surface area contributed by atoms with Crippen LogP contribution in [-0.4, -0.2) is 46.6 Å². The Morgan fingerprint density at radius 3 is 2.66 bits per heavy atom. The molecule has 0 atom stereocenters. The predicted octanol–water partition coefficient (Wildman–Crippen LogP) is 3.73. The molecule has 1 fully saturated rings. The van der Waals surface area contributed by atoms with Gasteiger partial charge in [-0.15, -0.1) is 0 Å². The van der Waals surface area contributed by atoms with Gasteiger partial charge in [-0.05, 0) is 30.9 Å². The Hall–Kier alpha value is -2.27. The van der Waals surface area contributed by atoms with Gasteiger partial charge in [-0.1, -0.05) is 11.6 Å². The minimum Gasteiger partial charge on any atom is -0.379 e. The van der Waals surface area contributed by atoms with Crippen molar-refractivity contribution >= 4 is 17.5 Å².